The predicted octanol–water partition coefficient (Wildman–Crippen LogP) is 1.90. The van der Waals surface area contributed by atoms with Gasteiger partial charge in [0, 0.05) is 5.54 Å². The van der Waals surface area contributed by atoms with Gasteiger partial charge in [-0.25, -0.2) is 9.18 Å². The normalized spacial score (nSPS) is 10.9. The lowest BCUT2D eigenvalue weighted by atomic mass is 10.1. The molecule has 0 saturated heterocycles. The molecule has 0 fully saturated rings. The molecule has 0 unspecified atom stereocenters. The van der Waals surface area contributed by atoms with Gasteiger partial charge in [-0.15, -0.1) is 0 Å². The molecule has 0 spiro atoms. The monoisotopic (exact) mass is 253 g/mol. The Kier molecular flexibility index (Phi) is 4.42. The Morgan fingerprint density at radius 2 is 1.89 bits per heavy atom. The number of esters is 1. The number of carbonyl (C=O) groups is 2. The second kappa shape index (κ2) is 5.62. The first kappa shape index (κ1) is 14.2. The zero-order valence-electron chi connectivity index (χ0n) is 10.6. The highest BCUT2D eigenvalue weighted by atomic mass is 19.1. The average Bonchev–Trinajstić information content (AvgIpc) is 2.24. The number of carbonyl (C=O) groups excluding carboxylic acids is 2. The van der Waals surface area contributed by atoms with Crippen molar-refractivity contribution < 1.29 is 18.7 Å². The van der Waals surface area contributed by atoms with Crippen LogP contribution in [0, 0.1) is 5.82 Å². The fourth-order valence-electron chi connectivity index (χ4n) is 1.29. The minimum Gasteiger partial charge on any atom is -0.452 e. The second-order valence-corrected chi connectivity index (χ2v) is 4.85. The number of halogens is 1. The summed E-state index contributed by atoms with van der Waals surface area (Å²) in [5.41, 5.74) is -0.581. The van der Waals surface area contributed by atoms with Gasteiger partial charge < -0.3 is 10.1 Å². The lowest BCUT2D eigenvalue weighted by Gasteiger charge is -2.20. The maximum Gasteiger partial charge on any atom is 0.341 e. The molecule has 1 aromatic carbocycles. The highest BCUT2D eigenvalue weighted by molar-refractivity contribution is 5.91. The van der Waals surface area contributed by atoms with Crippen LogP contribution in [-0.4, -0.2) is 24.0 Å². The van der Waals surface area contributed by atoms with E-state index in [2.05, 4.69) is 5.32 Å². The van der Waals surface area contributed by atoms with E-state index in [1.54, 1.807) is 0 Å². The van der Waals surface area contributed by atoms with Crippen molar-refractivity contribution in [3.8, 4) is 0 Å². The van der Waals surface area contributed by atoms with E-state index >= 15 is 0 Å². The van der Waals surface area contributed by atoms with E-state index in [1.165, 1.54) is 18.2 Å². The molecule has 0 heterocycles. The molecule has 0 saturated carbocycles. The van der Waals surface area contributed by atoms with Crippen LogP contribution < -0.4 is 5.32 Å². The Labute approximate surface area is 105 Å². The number of hydrogen-bond donors (Lipinski definition) is 1. The minimum atomic E-state index is -0.850. The molecule has 0 aliphatic rings. The molecular weight excluding hydrogens is 237 g/mol. The summed E-state index contributed by atoms with van der Waals surface area (Å²) in [4.78, 5) is 22.9. The maximum absolute atomic E-state index is 13.2. The predicted molar refractivity (Wildman–Crippen MR) is 64.6 cm³/mol. The van der Waals surface area contributed by atoms with Gasteiger partial charge in [0.25, 0.3) is 5.91 Å². The lowest BCUT2D eigenvalue weighted by molar-refractivity contribution is -0.125. The smallest absolute Gasteiger partial charge is 0.341 e. The summed E-state index contributed by atoms with van der Waals surface area (Å²) in [5.74, 6) is -1.94. The zero-order chi connectivity index (χ0) is 13.8. The van der Waals surface area contributed by atoms with Crippen LogP contribution in [0.1, 0.15) is 31.1 Å². The summed E-state index contributed by atoms with van der Waals surface area (Å²) >= 11 is 0. The fraction of sp³-hybridized carbons (Fsp3) is 0.385. The largest absolute Gasteiger partial charge is 0.452 e. The van der Waals surface area contributed by atoms with Crippen LogP contribution in [0.25, 0.3) is 0 Å². The van der Waals surface area contributed by atoms with Gasteiger partial charge in [-0.1, -0.05) is 12.1 Å². The van der Waals surface area contributed by atoms with Gasteiger partial charge in [0.1, 0.15) is 5.82 Å². The summed E-state index contributed by atoms with van der Waals surface area (Å²) < 4.78 is 18.0. The Bertz CT molecular complexity index is 452. The lowest BCUT2D eigenvalue weighted by Crippen LogP contribution is -2.42. The van der Waals surface area contributed by atoms with Crippen molar-refractivity contribution in [1.82, 2.24) is 5.32 Å². The van der Waals surface area contributed by atoms with Gasteiger partial charge in [-0.05, 0) is 32.9 Å². The number of hydrogen-bond acceptors (Lipinski definition) is 3. The highest BCUT2D eigenvalue weighted by Gasteiger charge is 2.17. The van der Waals surface area contributed by atoms with Gasteiger partial charge in [-0.3, -0.25) is 4.79 Å². The summed E-state index contributed by atoms with van der Waals surface area (Å²) in [7, 11) is 0. The number of nitrogens with one attached hydrogen (secondary N) is 1. The average molecular weight is 253 g/mol. The molecule has 1 rings (SSSR count). The molecule has 0 aromatic heterocycles. The van der Waals surface area contributed by atoms with Crippen molar-refractivity contribution >= 4 is 11.9 Å². The molecule has 1 N–H and O–H groups in total. The zero-order valence-corrected chi connectivity index (χ0v) is 10.6. The topological polar surface area (TPSA) is 55.4 Å². The number of benzene rings is 1. The number of rotatable bonds is 3. The first-order valence-corrected chi connectivity index (χ1v) is 5.52. The van der Waals surface area contributed by atoms with Crippen molar-refractivity contribution in [2.24, 2.45) is 0 Å². The fourth-order valence-corrected chi connectivity index (χ4v) is 1.29. The quantitative estimate of drug-likeness (QED) is 0.837. The molecule has 0 atom stereocenters. The standard InChI is InChI=1S/C13H16FNO3/c1-13(2,3)15-11(16)8-18-12(17)9-6-4-5-7-10(9)14/h4-7H,8H2,1-3H3,(H,15,16). The van der Waals surface area contributed by atoms with E-state index in [1.807, 2.05) is 20.8 Å². The molecule has 5 heteroatoms. The summed E-state index contributed by atoms with van der Waals surface area (Å²) in [6.07, 6.45) is 0. The summed E-state index contributed by atoms with van der Waals surface area (Å²) in [6.45, 7) is 5.00. The van der Waals surface area contributed by atoms with Crippen LogP contribution >= 0.6 is 0 Å². The summed E-state index contributed by atoms with van der Waals surface area (Å²) in [6, 6.07) is 5.46. The molecule has 0 bridgehead atoms. The SMILES string of the molecule is CC(C)(C)NC(=O)COC(=O)c1ccccc1F. The highest BCUT2D eigenvalue weighted by Crippen LogP contribution is 2.07. The maximum atomic E-state index is 13.2. The van der Waals surface area contributed by atoms with Gasteiger partial charge in [0.15, 0.2) is 6.61 Å². The molecule has 0 aliphatic carbocycles. The van der Waals surface area contributed by atoms with Crippen LogP contribution in [0.15, 0.2) is 24.3 Å². The van der Waals surface area contributed by atoms with E-state index in [0.717, 1.165) is 6.07 Å². The Balaban J connectivity index is 2.52. The van der Waals surface area contributed by atoms with Crippen LogP contribution in [0.4, 0.5) is 4.39 Å². The second-order valence-electron chi connectivity index (χ2n) is 4.85. The van der Waals surface area contributed by atoms with Crippen LogP contribution in [-0.2, 0) is 9.53 Å². The first-order chi connectivity index (χ1) is 8.29. The van der Waals surface area contributed by atoms with E-state index in [4.69, 9.17) is 4.74 Å². The van der Waals surface area contributed by atoms with E-state index in [-0.39, 0.29) is 5.56 Å². The van der Waals surface area contributed by atoms with Crippen molar-refractivity contribution in [2.45, 2.75) is 26.3 Å². The molecular formula is C13H16FNO3. The molecule has 0 radical (unpaired) electrons. The molecule has 98 valence electrons. The van der Waals surface area contributed by atoms with Crippen LogP contribution in [0.2, 0.25) is 0 Å². The van der Waals surface area contributed by atoms with Crippen LogP contribution in [0.5, 0.6) is 0 Å². The first-order valence-electron chi connectivity index (χ1n) is 5.52. The molecule has 1 aromatic rings. The van der Waals surface area contributed by atoms with E-state index < -0.39 is 29.8 Å². The number of ether oxygens (including phenoxy) is 1. The van der Waals surface area contributed by atoms with E-state index in [0.29, 0.717) is 0 Å². The molecule has 18 heavy (non-hydrogen) atoms. The molecule has 0 aliphatic heterocycles. The van der Waals surface area contributed by atoms with Gasteiger partial charge in [-0.2, -0.15) is 0 Å². The van der Waals surface area contributed by atoms with Crippen molar-refractivity contribution in [3.05, 3.63) is 35.6 Å². The summed E-state index contributed by atoms with van der Waals surface area (Å²) in [5, 5.41) is 2.63. The van der Waals surface area contributed by atoms with Gasteiger partial charge in [0.05, 0.1) is 5.56 Å². The third-order valence-corrected chi connectivity index (χ3v) is 1.94. The third kappa shape index (κ3) is 4.53. The Hall–Kier alpha value is -1.91. The Morgan fingerprint density at radius 1 is 1.28 bits per heavy atom. The molecule has 1 amide bonds. The van der Waals surface area contributed by atoms with Crippen molar-refractivity contribution in [2.75, 3.05) is 6.61 Å². The van der Waals surface area contributed by atoms with E-state index in [9.17, 15) is 14.0 Å². The van der Waals surface area contributed by atoms with Crippen molar-refractivity contribution in [3.63, 3.8) is 0 Å². The van der Waals surface area contributed by atoms with Crippen LogP contribution in [0.3, 0.4) is 0 Å². The number of amides is 1. The van der Waals surface area contributed by atoms with Gasteiger partial charge >= 0.3 is 5.97 Å². The molecule has 4 nitrogen and oxygen atoms in total. The minimum absolute atomic E-state index is 0.180. The third-order valence-electron chi connectivity index (χ3n) is 1.94. The van der Waals surface area contributed by atoms with Gasteiger partial charge in [0.2, 0.25) is 0 Å². The Morgan fingerprint density at radius 3 is 2.44 bits per heavy atom. The van der Waals surface area contributed by atoms with Crippen molar-refractivity contribution in [1.29, 1.82) is 0 Å².